The average Bonchev–Trinajstić information content (AvgIpc) is 2.44. The lowest BCUT2D eigenvalue weighted by Gasteiger charge is -2.38. The number of anilines is 1. The van der Waals surface area contributed by atoms with Crippen LogP contribution in [0, 0.1) is 0 Å². The highest BCUT2D eigenvalue weighted by Gasteiger charge is 2.37. The number of nitrogens with two attached hydrogens (primary N) is 1. The summed E-state index contributed by atoms with van der Waals surface area (Å²) in [6.45, 7) is 4.67. The predicted octanol–water partition coefficient (Wildman–Crippen LogP) is 2.36. The van der Waals surface area contributed by atoms with Gasteiger partial charge in [0.1, 0.15) is 0 Å². The van der Waals surface area contributed by atoms with Gasteiger partial charge < -0.3 is 9.64 Å². The Morgan fingerprint density at radius 1 is 1.35 bits per heavy atom. The van der Waals surface area contributed by atoms with Gasteiger partial charge in [-0.05, 0) is 31.5 Å². The van der Waals surface area contributed by atoms with Crippen LogP contribution in [-0.2, 0) is 20.9 Å². The summed E-state index contributed by atoms with van der Waals surface area (Å²) in [5.74, 6) is 0. The van der Waals surface area contributed by atoms with Gasteiger partial charge in [0.15, 0.2) is 0 Å². The Morgan fingerprint density at radius 2 is 2.00 bits per heavy atom. The van der Waals surface area contributed by atoms with Crippen LogP contribution in [0.5, 0.6) is 0 Å². The van der Waals surface area contributed by atoms with Crippen LogP contribution in [0.15, 0.2) is 23.1 Å². The van der Waals surface area contributed by atoms with E-state index < -0.39 is 26.7 Å². The van der Waals surface area contributed by atoms with Gasteiger partial charge in [0.25, 0.3) is 0 Å². The van der Waals surface area contributed by atoms with Gasteiger partial charge in [-0.3, -0.25) is 0 Å². The predicted molar refractivity (Wildman–Crippen MR) is 79.7 cm³/mol. The molecule has 1 saturated heterocycles. The number of halogens is 3. The van der Waals surface area contributed by atoms with E-state index in [1.165, 1.54) is 6.07 Å². The lowest BCUT2D eigenvalue weighted by molar-refractivity contribution is -0.139. The highest BCUT2D eigenvalue weighted by molar-refractivity contribution is 7.89. The van der Waals surface area contributed by atoms with Crippen LogP contribution in [0.3, 0.4) is 0 Å². The van der Waals surface area contributed by atoms with E-state index in [-0.39, 0.29) is 12.2 Å². The van der Waals surface area contributed by atoms with Crippen molar-refractivity contribution in [2.45, 2.75) is 43.5 Å². The van der Waals surface area contributed by atoms with Gasteiger partial charge in [0, 0.05) is 18.8 Å². The van der Waals surface area contributed by atoms with Crippen LogP contribution in [0.4, 0.5) is 18.9 Å². The van der Waals surface area contributed by atoms with Gasteiger partial charge in [0.2, 0.25) is 10.0 Å². The van der Waals surface area contributed by atoms with Crippen LogP contribution < -0.4 is 10.0 Å². The fourth-order valence-electron chi connectivity index (χ4n) is 2.67. The summed E-state index contributed by atoms with van der Waals surface area (Å²) >= 11 is 0. The summed E-state index contributed by atoms with van der Waals surface area (Å²) in [6.07, 6.45) is -4.27. The summed E-state index contributed by atoms with van der Waals surface area (Å²) in [6, 6.07) is 3.10. The second-order valence-electron chi connectivity index (χ2n) is 5.61. The van der Waals surface area contributed by atoms with Crippen molar-refractivity contribution in [1.29, 1.82) is 0 Å². The first kappa shape index (κ1) is 18.0. The van der Waals surface area contributed by atoms with E-state index in [0.717, 1.165) is 18.6 Å². The minimum atomic E-state index is -4.81. The SMILES string of the molecule is CCC1CN(c2ccc(S(N)(=O)=O)c(C(F)(F)F)c2)CC(C)O1. The molecular formula is C14H19F3N2O3S. The lowest BCUT2D eigenvalue weighted by atomic mass is 10.1. The number of hydrogen-bond acceptors (Lipinski definition) is 4. The number of rotatable bonds is 3. The van der Waals surface area contributed by atoms with Gasteiger partial charge in [-0.2, -0.15) is 13.2 Å². The maximum atomic E-state index is 13.2. The maximum absolute atomic E-state index is 13.2. The second kappa shape index (κ2) is 6.29. The molecule has 0 bridgehead atoms. The van der Waals surface area contributed by atoms with Crippen molar-refractivity contribution in [2.75, 3.05) is 18.0 Å². The topological polar surface area (TPSA) is 72.6 Å². The molecular weight excluding hydrogens is 333 g/mol. The number of sulfonamides is 1. The molecule has 0 aliphatic carbocycles. The van der Waals surface area contributed by atoms with Crippen molar-refractivity contribution >= 4 is 15.7 Å². The minimum absolute atomic E-state index is 0.0778. The molecule has 2 rings (SSSR count). The van der Waals surface area contributed by atoms with E-state index in [1.807, 2.05) is 13.8 Å². The Hall–Kier alpha value is -1.32. The van der Waals surface area contributed by atoms with Crippen LogP contribution in [-0.4, -0.2) is 33.7 Å². The zero-order chi connectivity index (χ0) is 17.4. The largest absolute Gasteiger partial charge is 0.417 e. The molecule has 0 aromatic heterocycles. The Balaban J connectivity index is 2.45. The zero-order valence-corrected chi connectivity index (χ0v) is 13.6. The maximum Gasteiger partial charge on any atom is 0.417 e. The van der Waals surface area contributed by atoms with Gasteiger partial charge in [-0.15, -0.1) is 0 Å². The monoisotopic (exact) mass is 352 g/mol. The summed E-state index contributed by atoms with van der Waals surface area (Å²) in [7, 11) is -4.45. The number of nitrogens with zero attached hydrogens (tertiary/aromatic N) is 1. The zero-order valence-electron chi connectivity index (χ0n) is 12.8. The van der Waals surface area contributed by atoms with Crippen molar-refractivity contribution < 1.29 is 26.3 Å². The molecule has 1 aliphatic rings. The Morgan fingerprint density at radius 3 is 2.52 bits per heavy atom. The van der Waals surface area contributed by atoms with E-state index in [1.54, 1.807) is 4.90 Å². The number of morpholine rings is 1. The highest BCUT2D eigenvalue weighted by atomic mass is 32.2. The molecule has 2 unspecified atom stereocenters. The molecule has 1 aromatic rings. The summed E-state index contributed by atoms with van der Waals surface area (Å²) < 4.78 is 68.0. The molecule has 23 heavy (non-hydrogen) atoms. The molecule has 0 saturated carbocycles. The van der Waals surface area contributed by atoms with E-state index in [9.17, 15) is 21.6 Å². The highest BCUT2D eigenvalue weighted by Crippen LogP contribution is 2.36. The molecule has 0 spiro atoms. The van der Waals surface area contributed by atoms with Gasteiger partial charge in [0.05, 0.1) is 22.7 Å². The van der Waals surface area contributed by atoms with Crippen LogP contribution in [0.25, 0.3) is 0 Å². The van der Waals surface area contributed by atoms with Gasteiger partial charge >= 0.3 is 6.18 Å². The van der Waals surface area contributed by atoms with Crippen molar-refractivity contribution in [3.8, 4) is 0 Å². The molecule has 2 N–H and O–H groups in total. The van der Waals surface area contributed by atoms with Crippen LogP contribution in [0.2, 0.25) is 0 Å². The molecule has 1 fully saturated rings. The minimum Gasteiger partial charge on any atom is -0.372 e. The normalized spacial score (nSPS) is 23.1. The Bertz CT molecular complexity index is 676. The fraction of sp³-hybridized carbons (Fsp3) is 0.571. The second-order valence-corrected chi connectivity index (χ2v) is 7.14. The molecule has 9 heteroatoms. The lowest BCUT2D eigenvalue weighted by Crippen LogP contribution is -2.46. The summed E-state index contributed by atoms with van der Waals surface area (Å²) in [5, 5.41) is 4.89. The van der Waals surface area contributed by atoms with Crippen LogP contribution in [0.1, 0.15) is 25.8 Å². The molecule has 5 nitrogen and oxygen atoms in total. The standard InChI is InChI=1S/C14H19F3N2O3S/c1-3-11-8-19(7-9(2)22-11)10-4-5-13(23(18,20)21)12(6-10)14(15,16)17/h4-6,9,11H,3,7-8H2,1-2H3,(H2,18,20,21). The molecule has 130 valence electrons. The molecule has 1 aliphatic heterocycles. The summed E-state index contributed by atoms with van der Waals surface area (Å²) in [4.78, 5) is 0.854. The fourth-order valence-corrected chi connectivity index (χ4v) is 3.40. The van der Waals surface area contributed by atoms with Gasteiger partial charge in [-0.1, -0.05) is 6.92 Å². The number of hydrogen-bond donors (Lipinski definition) is 1. The quantitative estimate of drug-likeness (QED) is 0.906. The van der Waals surface area contributed by atoms with E-state index in [2.05, 4.69) is 0 Å². The smallest absolute Gasteiger partial charge is 0.372 e. The average molecular weight is 352 g/mol. The van der Waals surface area contributed by atoms with Crippen molar-refractivity contribution in [2.24, 2.45) is 5.14 Å². The van der Waals surface area contributed by atoms with Gasteiger partial charge in [-0.25, -0.2) is 13.6 Å². The molecule has 0 radical (unpaired) electrons. The first-order chi connectivity index (χ1) is 10.5. The first-order valence-corrected chi connectivity index (χ1v) is 8.71. The number of benzene rings is 1. The molecule has 2 atom stereocenters. The van der Waals surface area contributed by atoms with Crippen LogP contribution >= 0.6 is 0 Å². The number of ether oxygens (including phenoxy) is 1. The van der Waals surface area contributed by atoms with E-state index in [4.69, 9.17) is 9.88 Å². The van der Waals surface area contributed by atoms with E-state index >= 15 is 0 Å². The third-order valence-electron chi connectivity index (χ3n) is 3.72. The van der Waals surface area contributed by atoms with Crippen molar-refractivity contribution in [1.82, 2.24) is 0 Å². The Labute approximate surface area is 133 Å². The molecule has 1 aromatic carbocycles. The molecule has 1 heterocycles. The Kier molecular flexibility index (Phi) is 4.93. The number of alkyl halides is 3. The third kappa shape index (κ3) is 4.15. The van der Waals surface area contributed by atoms with Crippen molar-refractivity contribution in [3.05, 3.63) is 23.8 Å². The third-order valence-corrected chi connectivity index (χ3v) is 4.69. The molecule has 0 amide bonds. The number of primary sulfonamides is 1. The first-order valence-electron chi connectivity index (χ1n) is 7.16. The van der Waals surface area contributed by atoms with Crippen molar-refractivity contribution in [3.63, 3.8) is 0 Å². The summed E-state index contributed by atoms with van der Waals surface area (Å²) in [5.41, 5.74) is -0.942. The van der Waals surface area contributed by atoms with E-state index in [0.29, 0.717) is 18.8 Å².